The van der Waals surface area contributed by atoms with Crippen LogP contribution in [0, 0.1) is 0 Å². The van der Waals surface area contributed by atoms with E-state index in [1.807, 2.05) is 23.7 Å². The third-order valence-electron chi connectivity index (χ3n) is 3.18. The summed E-state index contributed by atoms with van der Waals surface area (Å²) in [5.74, 6) is 0. The normalized spacial score (nSPS) is 20.9. The molecular formula is C13H24F6N4OP2S. The van der Waals surface area contributed by atoms with Gasteiger partial charge in [-0.15, -0.1) is 18.0 Å². The van der Waals surface area contributed by atoms with Gasteiger partial charge in [0.2, 0.25) is 0 Å². The molecule has 0 saturated heterocycles. The fourth-order valence-electron chi connectivity index (χ4n) is 2.41. The van der Waals surface area contributed by atoms with E-state index in [1.165, 1.54) is 4.90 Å². The molecule has 0 aromatic heterocycles. The Labute approximate surface area is 158 Å². The van der Waals surface area contributed by atoms with Gasteiger partial charge in [-0.3, -0.25) is 0 Å². The first-order chi connectivity index (χ1) is 11.8. The number of fused-ring (bicyclic) bond motifs is 1. The van der Waals surface area contributed by atoms with Crippen molar-refractivity contribution >= 4 is 38.2 Å². The quantitative estimate of drug-likeness (QED) is 0.313. The number of nitrogens with zero attached hydrogens (tertiary/aromatic N) is 4. The number of hydrogen-bond donors (Lipinski definition) is 1. The Morgan fingerprint density at radius 2 is 1.26 bits per heavy atom. The second-order valence-corrected chi connectivity index (χ2v) is 13.5. The molecule has 14 heteroatoms. The maximum atomic E-state index is 9.87. The van der Waals surface area contributed by atoms with Crippen LogP contribution in [0.2, 0.25) is 0 Å². The monoisotopic (exact) mass is 460 g/mol. The summed E-state index contributed by atoms with van der Waals surface area (Å²) < 4.78 is 72.4. The van der Waals surface area contributed by atoms with Gasteiger partial charge >= 0.3 is 40.9 Å². The molecule has 0 aliphatic carbocycles. The van der Waals surface area contributed by atoms with Crippen molar-refractivity contribution in [1.29, 1.82) is 0 Å². The molecule has 1 aliphatic heterocycles. The Morgan fingerprint density at radius 1 is 0.852 bits per heavy atom. The van der Waals surface area contributed by atoms with Crippen molar-refractivity contribution in [2.75, 3.05) is 42.3 Å². The molecule has 1 atom stereocenters. The molecule has 160 valence electrons. The summed E-state index contributed by atoms with van der Waals surface area (Å²) in [7, 11) is -0.207. The van der Waals surface area contributed by atoms with Crippen LogP contribution in [0.1, 0.15) is 0 Å². The molecule has 1 aromatic rings. The van der Waals surface area contributed by atoms with Crippen LogP contribution in [0.3, 0.4) is 0 Å². The van der Waals surface area contributed by atoms with Crippen LogP contribution >= 0.6 is 26.9 Å². The summed E-state index contributed by atoms with van der Waals surface area (Å²) in [4.78, 5) is 5.69. The van der Waals surface area contributed by atoms with Crippen molar-refractivity contribution in [3.8, 4) is 0 Å². The first-order valence-corrected chi connectivity index (χ1v) is 12.4. The van der Waals surface area contributed by atoms with Crippen molar-refractivity contribution in [3.63, 3.8) is 0 Å². The number of aliphatic imine (C=N–C) groups is 1. The molecule has 0 amide bonds. The zero-order valence-corrected chi connectivity index (χ0v) is 18.4. The van der Waals surface area contributed by atoms with Crippen LogP contribution in [0.15, 0.2) is 34.2 Å². The van der Waals surface area contributed by atoms with E-state index in [-0.39, 0.29) is 0 Å². The predicted molar refractivity (Wildman–Crippen MR) is 104 cm³/mol. The Balaban J connectivity index is 0.000000445. The molecule has 1 aromatic carbocycles. The summed E-state index contributed by atoms with van der Waals surface area (Å²) in [6.07, 6.45) is 0. The third-order valence-corrected chi connectivity index (χ3v) is 9.07. The Hall–Kier alpha value is -0.480. The molecule has 5 nitrogen and oxygen atoms in total. The van der Waals surface area contributed by atoms with Gasteiger partial charge in [0.05, 0.1) is 11.2 Å². The summed E-state index contributed by atoms with van der Waals surface area (Å²) in [6, 6.07) is 8.22. The van der Waals surface area contributed by atoms with Gasteiger partial charge < -0.3 is 0 Å². The fourth-order valence-corrected chi connectivity index (χ4v) is 8.72. The number of benzene rings is 1. The molecule has 1 unspecified atom stereocenters. The van der Waals surface area contributed by atoms with E-state index in [9.17, 15) is 25.2 Å². The molecule has 2 rings (SSSR count). The molecule has 0 spiro atoms. The topological polar surface area (TPSA) is 31.3 Å². The number of hydrogen-bond acceptors (Lipinski definition) is 5. The number of halogens is 6. The minimum absolute atomic E-state index is 0.814. The third kappa shape index (κ3) is 7.81. The SMILES string of the molecule is CN(C)[P+](O[SH]1C=Nc2ccccc21)(N(C)C)N(C)C.F[P-](F)(F)(F)(F)F. The van der Waals surface area contributed by atoms with Crippen LogP contribution in [0.5, 0.6) is 0 Å². The molecule has 0 fully saturated rings. The van der Waals surface area contributed by atoms with E-state index in [0.29, 0.717) is 0 Å². The fraction of sp³-hybridized carbons (Fsp3) is 0.462. The van der Waals surface area contributed by atoms with Crippen LogP contribution in [0.25, 0.3) is 0 Å². The van der Waals surface area contributed by atoms with Crippen LogP contribution in [-0.2, 0) is 3.97 Å². The molecule has 0 radical (unpaired) electrons. The molecule has 1 heterocycles. The molecule has 0 bridgehead atoms. The molecule has 0 saturated carbocycles. The van der Waals surface area contributed by atoms with Crippen molar-refractivity contribution in [1.82, 2.24) is 14.0 Å². The number of thiol groups is 1. The second-order valence-electron chi connectivity index (χ2n) is 6.15. The van der Waals surface area contributed by atoms with Crippen LogP contribution in [-0.4, -0.2) is 61.8 Å². The van der Waals surface area contributed by atoms with Crippen LogP contribution in [0.4, 0.5) is 30.9 Å². The molecule has 0 N–H and O–H groups in total. The second kappa shape index (κ2) is 7.40. The zero-order valence-electron chi connectivity index (χ0n) is 15.7. The van der Waals surface area contributed by atoms with Crippen molar-refractivity contribution in [2.45, 2.75) is 4.90 Å². The van der Waals surface area contributed by atoms with Gasteiger partial charge in [-0.05, 0) is 23.3 Å². The summed E-state index contributed by atoms with van der Waals surface area (Å²) >= 11 is -0.814. The van der Waals surface area contributed by atoms with Gasteiger partial charge in [-0.2, -0.15) is 0 Å². The van der Waals surface area contributed by atoms with E-state index in [2.05, 4.69) is 67.4 Å². The van der Waals surface area contributed by atoms with E-state index < -0.39 is 26.9 Å². The minimum atomic E-state index is -10.7. The van der Waals surface area contributed by atoms with Crippen molar-refractivity contribution in [3.05, 3.63) is 24.3 Å². The Kier molecular flexibility index (Phi) is 6.74. The van der Waals surface area contributed by atoms with Gasteiger partial charge in [0.25, 0.3) is 0 Å². The number of para-hydroxylation sites is 1. The standard InChI is InChI=1S/C13H24N4OPS.F6P/c1-15(2)19(16(3)4,17(5)6)18-20-11-14-12-9-7-8-10-13(12)20;1-7(2,3,4,5)6/h7-11,20H,1-6H3;/q+1;-1. The van der Waals surface area contributed by atoms with Gasteiger partial charge in [-0.1, -0.05) is 12.1 Å². The summed E-state index contributed by atoms with van der Waals surface area (Å²) in [5, 5.41) is 0. The van der Waals surface area contributed by atoms with E-state index in [1.54, 1.807) is 0 Å². The first-order valence-electron chi connectivity index (χ1n) is 7.45. The Bertz CT molecular complexity index is 666. The van der Waals surface area contributed by atoms with Gasteiger partial charge in [-0.25, -0.2) is 4.99 Å². The average Bonchev–Trinajstić information content (AvgIpc) is 2.83. The summed E-state index contributed by atoms with van der Waals surface area (Å²) in [5.41, 5.74) is 3.00. The van der Waals surface area contributed by atoms with Crippen molar-refractivity contribution < 1.29 is 29.2 Å². The van der Waals surface area contributed by atoms with Gasteiger partial charge in [0, 0.05) is 47.2 Å². The molecular weight excluding hydrogens is 436 g/mol. The average molecular weight is 460 g/mol. The maximum absolute atomic E-state index is 10.7. The van der Waals surface area contributed by atoms with Gasteiger partial charge in [0.15, 0.2) is 0 Å². The Morgan fingerprint density at radius 3 is 1.67 bits per heavy atom. The van der Waals surface area contributed by atoms with Crippen LogP contribution < -0.4 is 0 Å². The van der Waals surface area contributed by atoms with E-state index in [4.69, 9.17) is 3.97 Å². The van der Waals surface area contributed by atoms with E-state index >= 15 is 0 Å². The first kappa shape index (κ1) is 24.6. The predicted octanol–water partition coefficient (Wildman–Crippen LogP) is 6.40. The summed E-state index contributed by atoms with van der Waals surface area (Å²) in [6.45, 7) is 0. The van der Waals surface area contributed by atoms with Gasteiger partial charge in [0.1, 0.15) is 0 Å². The number of rotatable bonds is 5. The molecule has 1 aliphatic rings. The van der Waals surface area contributed by atoms with E-state index in [0.717, 1.165) is 5.69 Å². The van der Waals surface area contributed by atoms with Crippen molar-refractivity contribution in [2.24, 2.45) is 4.99 Å². The molecule has 27 heavy (non-hydrogen) atoms. The zero-order chi connectivity index (χ0) is 21.3.